The van der Waals surface area contributed by atoms with Crippen LogP contribution in [0.2, 0.25) is 0 Å². The summed E-state index contributed by atoms with van der Waals surface area (Å²) in [6, 6.07) is 0. The van der Waals surface area contributed by atoms with Gasteiger partial charge in [0.1, 0.15) is 11.2 Å². The summed E-state index contributed by atoms with van der Waals surface area (Å²) in [5.41, 5.74) is -2.74. The molecule has 22 heavy (non-hydrogen) atoms. The molecule has 2 saturated carbocycles. The predicted octanol–water partition coefficient (Wildman–Crippen LogP) is -1.35. The minimum atomic E-state index is -2.17. The number of rotatable bonds is 2. The molecule has 2 amide bonds. The monoisotopic (exact) mass is 314 g/mol. The number of amides is 2. The van der Waals surface area contributed by atoms with Crippen LogP contribution in [0, 0.1) is 0 Å². The molecule has 3 rings (SSSR count). The highest BCUT2D eigenvalue weighted by atomic mass is 16.8. The van der Waals surface area contributed by atoms with Crippen molar-refractivity contribution < 1.29 is 29.3 Å². The number of hydrogen-bond acceptors (Lipinski definition) is 6. The van der Waals surface area contributed by atoms with Crippen LogP contribution in [-0.2, 0) is 19.1 Å². The molecule has 124 valence electrons. The molecule has 2 unspecified atom stereocenters. The van der Waals surface area contributed by atoms with Gasteiger partial charge in [-0.15, -0.1) is 0 Å². The Morgan fingerprint density at radius 1 is 0.773 bits per heavy atom. The highest BCUT2D eigenvalue weighted by Gasteiger charge is 2.82. The summed E-state index contributed by atoms with van der Waals surface area (Å²) >= 11 is 0. The average molecular weight is 314 g/mol. The number of carbonyl (C=O) groups excluding carboxylic acids is 2. The number of ether oxygens (including phenoxy) is 2. The molecule has 2 spiro atoms. The van der Waals surface area contributed by atoms with Crippen LogP contribution in [0.3, 0.4) is 0 Å². The summed E-state index contributed by atoms with van der Waals surface area (Å²) in [7, 11) is 6.02. The summed E-state index contributed by atoms with van der Waals surface area (Å²) in [6.07, 6.45) is 1.34. The van der Waals surface area contributed by atoms with E-state index in [1.165, 1.54) is 38.0 Å². The van der Waals surface area contributed by atoms with Crippen LogP contribution >= 0.6 is 0 Å². The Hall–Kier alpha value is -1.22. The maximum atomic E-state index is 12.4. The van der Waals surface area contributed by atoms with Gasteiger partial charge in [-0.25, -0.2) is 0 Å². The Morgan fingerprint density at radius 3 is 1.23 bits per heavy atom. The van der Waals surface area contributed by atoms with Gasteiger partial charge in [-0.1, -0.05) is 0 Å². The molecule has 3 aliphatic rings. The molecule has 0 aromatic heterocycles. The molecule has 2 atom stereocenters. The van der Waals surface area contributed by atoms with Crippen molar-refractivity contribution >= 4 is 11.8 Å². The topological polar surface area (TPSA) is 99.5 Å². The first-order valence-electron chi connectivity index (χ1n) is 7.32. The van der Waals surface area contributed by atoms with Gasteiger partial charge in [0.2, 0.25) is 0 Å². The largest absolute Gasteiger partial charge is 0.356 e. The quantitative estimate of drug-likeness (QED) is 0.654. The fraction of sp³-hybridized carbons (Fsp3) is 0.857. The zero-order valence-electron chi connectivity index (χ0n) is 13.3. The van der Waals surface area contributed by atoms with Crippen molar-refractivity contribution in [2.45, 2.75) is 48.5 Å². The summed E-state index contributed by atoms with van der Waals surface area (Å²) in [4.78, 5) is 27.2. The van der Waals surface area contributed by atoms with Crippen molar-refractivity contribution in [3.63, 3.8) is 0 Å². The van der Waals surface area contributed by atoms with Crippen LogP contribution in [0.25, 0.3) is 0 Å². The third kappa shape index (κ3) is 1.72. The van der Waals surface area contributed by atoms with Gasteiger partial charge in [0, 0.05) is 28.2 Å². The molecule has 0 bridgehead atoms. The Bertz CT molecular complexity index is 491. The first kappa shape index (κ1) is 15.7. The van der Waals surface area contributed by atoms with E-state index in [9.17, 15) is 19.8 Å². The van der Waals surface area contributed by atoms with Crippen molar-refractivity contribution in [3.05, 3.63) is 0 Å². The van der Waals surface area contributed by atoms with Crippen molar-refractivity contribution in [3.8, 4) is 0 Å². The van der Waals surface area contributed by atoms with Crippen LogP contribution in [0.4, 0.5) is 0 Å². The standard InChI is InChI=1S/C14H22N2O6/c1-15(2)9(17)13(19)11(5-6-11)22-14(20,10(18)16(3)4)12(21-13)7-8-12/h19-20H,5-8H2,1-4H3. The number of nitrogens with zero attached hydrogens (tertiary/aromatic N) is 2. The van der Waals surface area contributed by atoms with Gasteiger partial charge in [-0.05, 0) is 25.7 Å². The average Bonchev–Trinajstić information content (AvgIpc) is 3.32. The maximum absolute atomic E-state index is 12.4. The first-order chi connectivity index (χ1) is 10.0. The van der Waals surface area contributed by atoms with Crippen molar-refractivity contribution in [2.24, 2.45) is 0 Å². The number of hydrogen-bond donors (Lipinski definition) is 2. The lowest BCUT2D eigenvalue weighted by Crippen LogP contribution is -2.74. The van der Waals surface area contributed by atoms with E-state index in [0.717, 1.165) is 0 Å². The van der Waals surface area contributed by atoms with Gasteiger partial charge in [0.15, 0.2) is 0 Å². The Morgan fingerprint density at radius 2 is 1.05 bits per heavy atom. The zero-order valence-corrected chi connectivity index (χ0v) is 13.3. The van der Waals surface area contributed by atoms with E-state index >= 15 is 0 Å². The molecule has 0 radical (unpaired) electrons. The highest BCUT2D eigenvalue weighted by molar-refractivity contribution is 5.88. The van der Waals surface area contributed by atoms with Gasteiger partial charge >= 0.3 is 0 Å². The molecule has 1 aliphatic heterocycles. The summed E-state index contributed by atoms with van der Waals surface area (Å²) in [5.74, 6) is -5.64. The molecule has 2 aliphatic carbocycles. The lowest BCUT2D eigenvalue weighted by Gasteiger charge is -2.51. The fourth-order valence-corrected chi connectivity index (χ4v) is 3.08. The van der Waals surface area contributed by atoms with E-state index in [2.05, 4.69) is 0 Å². The molecular formula is C14H22N2O6. The van der Waals surface area contributed by atoms with Crippen molar-refractivity contribution in [1.82, 2.24) is 9.80 Å². The van der Waals surface area contributed by atoms with E-state index in [0.29, 0.717) is 25.7 Å². The van der Waals surface area contributed by atoms with E-state index in [-0.39, 0.29) is 0 Å². The second kappa shape index (κ2) is 4.19. The Balaban J connectivity index is 2.01. The van der Waals surface area contributed by atoms with Gasteiger partial charge in [0.05, 0.1) is 0 Å². The van der Waals surface area contributed by atoms with Gasteiger partial charge in [0.25, 0.3) is 23.4 Å². The summed E-state index contributed by atoms with van der Waals surface area (Å²) < 4.78 is 11.4. The minimum absolute atomic E-state index is 0.335. The molecule has 8 nitrogen and oxygen atoms in total. The SMILES string of the molecule is CN(C)C(=O)C1(O)OC2(CC2)C(O)(C(=O)N(C)C)OC12CC2. The van der Waals surface area contributed by atoms with Crippen LogP contribution < -0.4 is 0 Å². The van der Waals surface area contributed by atoms with Crippen molar-refractivity contribution in [2.75, 3.05) is 28.2 Å². The lowest BCUT2D eigenvalue weighted by molar-refractivity contribution is -0.418. The summed E-state index contributed by atoms with van der Waals surface area (Å²) in [6.45, 7) is 0. The Labute approximate surface area is 128 Å². The molecule has 2 N–H and O–H groups in total. The second-order valence-electron chi connectivity index (χ2n) is 6.88. The molecule has 0 aromatic rings. The van der Waals surface area contributed by atoms with E-state index < -0.39 is 34.6 Å². The number of likely N-dealkylation sites (N-methyl/N-ethyl adjacent to an activating group) is 2. The minimum Gasteiger partial charge on any atom is -0.356 e. The number of aliphatic hydroxyl groups is 2. The maximum Gasteiger partial charge on any atom is 0.285 e. The third-order valence-corrected chi connectivity index (χ3v) is 4.72. The number of carbonyl (C=O) groups is 2. The Kier molecular flexibility index (Phi) is 2.99. The molecule has 8 heteroatoms. The van der Waals surface area contributed by atoms with Crippen LogP contribution in [0.5, 0.6) is 0 Å². The summed E-state index contributed by atoms with van der Waals surface area (Å²) in [5, 5.41) is 21.7. The van der Waals surface area contributed by atoms with E-state index in [4.69, 9.17) is 9.47 Å². The second-order valence-corrected chi connectivity index (χ2v) is 6.88. The fourth-order valence-electron chi connectivity index (χ4n) is 3.08. The molecular weight excluding hydrogens is 292 g/mol. The predicted molar refractivity (Wildman–Crippen MR) is 73.4 cm³/mol. The molecule has 1 heterocycles. The normalized spacial score (nSPS) is 37.0. The van der Waals surface area contributed by atoms with Crippen molar-refractivity contribution in [1.29, 1.82) is 0 Å². The lowest BCUT2D eigenvalue weighted by atomic mass is 9.96. The zero-order chi connectivity index (χ0) is 16.6. The van der Waals surface area contributed by atoms with Gasteiger partial charge in [-0.2, -0.15) is 0 Å². The smallest absolute Gasteiger partial charge is 0.285 e. The first-order valence-corrected chi connectivity index (χ1v) is 7.32. The van der Waals surface area contributed by atoms with Gasteiger partial charge < -0.3 is 29.5 Å². The highest BCUT2D eigenvalue weighted by Crippen LogP contribution is 2.64. The van der Waals surface area contributed by atoms with Crippen LogP contribution in [0.15, 0.2) is 0 Å². The van der Waals surface area contributed by atoms with Gasteiger partial charge in [-0.3, -0.25) is 9.59 Å². The molecule has 3 fully saturated rings. The molecule has 1 saturated heterocycles. The molecule has 0 aromatic carbocycles. The van der Waals surface area contributed by atoms with E-state index in [1.54, 1.807) is 0 Å². The van der Waals surface area contributed by atoms with Crippen LogP contribution in [-0.4, -0.2) is 82.8 Å². The van der Waals surface area contributed by atoms with E-state index in [1.807, 2.05) is 0 Å². The third-order valence-electron chi connectivity index (χ3n) is 4.72. The van der Waals surface area contributed by atoms with Crippen LogP contribution in [0.1, 0.15) is 25.7 Å².